The van der Waals surface area contributed by atoms with Gasteiger partial charge in [-0.05, 0) is 23.6 Å². The molecule has 0 spiro atoms. The van der Waals surface area contributed by atoms with E-state index in [1.807, 2.05) is 13.8 Å². The molecule has 0 aliphatic heterocycles. The first-order chi connectivity index (χ1) is 9.31. The van der Waals surface area contributed by atoms with Crippen molar-refractivity contribution in [1.29, 1.82) is 0 Å². The minimum atomic E-state index is -1.07. The summed E-state index contributed by atoms with van der Waals surface area (Å²) in [5.74, 6) is -1.29. The Labute approximate surface area is 118 Å². The van der Waals surface area contributed by atoms with Crippen molar-refractivity contribution in [3.63, 3.8) is 0 Å². The standard InChI is InChI=1S/C15H21NO4/c1-9(2)10(3)14(18)16-13(15(19)20)8-11-4-6-12(17)7-5-11/h4-7,9-10,13,17H,8H2,1-3H3,(H,16,18)(H,19,20). The lowest BCUT2D eigenvalue weighted by molar-refractivity contribution is -0.142. The first-order valence-corrected chi connectivity index (χ1v) is 6.62. The third-order valence-corrected chi connectivity index (χ3v) is 3.40. The van der Waals surface area contributed by atoms with Gasteiger partial charge in [0.25, 0.3) is 0 Å². The highest BCUT2D eigenvalue weighted by Gasteiger charge is 2.24. The molecule has 0 aliphatic rings. The maximum absolute atomic E-state index is 11.9. The van der Waals surface area contributed by atoms with Gasteiger partial charge in [0.2, 0.25) is 5.91 Å². The molecule has 0 heterocycles. The van der Waals surface area contributed by atoms with Crippen LogP contribution in [0.4, 0.5) is 0 Å². The normalized spacial score (nSPS) is 13.8. The van der Waals surface area contributed by atoms with Crippen LogP contribution in [0.25, 0.3) is 0 Å². The van der Waals surface area contributed by atoms with Crippen molar-refractivity contribution in [3.8, 4) is 5.75 Å². The molecule has 0 bridgehead atoms. The predicted octanol–water partition coefficient (Wildman–Crippen LogP) is 1.80. The minimum Gasteiger partial charge on any atom is -0.508 e. The van der Waals surface area contributed by atoms with Crippen LogP contribution in [-0.2, 0) is 16.0 Å². The van der Waals surface area contributed by atoms with Crippen molar-refractivity contribution < 1.29 is 19.8 Å². The highest BCUT2D eigenvalue weighted by molar-refractivity contribution is 5.85. The van der Waals surface area contributed by atoms with Crippen molar-refractivity contribution in [2.24, 2.45) is 11.8 Å². The molecule has 2 unspecified atom stereocenters. The van der Waals surface area contributed by atoms with Gasteiger partial charge in [0, 0.05) is 12.3 Å². The monoisotopic (exact) mass is 279 g/mol. The molecule has 0 fully saturated rings. The summed E-state index contributed by atoms with van der Waals surface area (Å²) in [7, 11) is 0. The second-order valence-corrected chi connectivity index (χ2v) is 5.30. The second kappa shape index (κ2) is 6.93. The average Bonchev–Trinajstić information content (AvgIpc) is 2.39. The Morgan fingerprint density at radius 1 is 1.15 bits per heavy atom. The van der Waals surface area contributed by atoms with Gasteiger partial charge < -0.3 is 15.5 Å². The SMILES string of the molecule is CC(C)C(C)C(=O)NC(Cc1ccc(O)cc1)C(=O)O. The summed E-state index contributed by atoms with van der Waals surface area (Å²) in [6.45, 7) is 5.61. The highest BCUT2D eigenvalue weighted by Crippen LogP contribution is 2.13. The number of carboxylic acids is 1. The van der Waals surface area contributed by atoms with Crippen molar-refractivity contribution in [3.05, 3.63) is 29.8 Å². The Balaban J connectivity index is 2.72. The van der Waals surface area contributed by atoms with E-state index in [1.165, 1.54) is 12.1 Å². The molecule has 0 saturated heterocycles. The first-order valence-electron chi connectivity index (χ1n) is 6.62. The number of hydrogen-bond acceptors (Lipinski definition) is 3. The number of nitrogens with one attached hydrogen (secondary N) is 1. The number of carbonyl (C=O) groups is 2. The number of aromatic hydroxyl groups is 1. The summed E-state index contributed by atoms with van der Waals surface area (Å²) >= 11 is 0. The molecular weight excluding hydrogens is 258 g/mol. The van der Waals surface area contributed by atoms with E-state index < -0.39 is 12.0 Å². The molecule has 0 radical (unpaired) electrons. The van der Waals surface area contributed by atoms with E-state index in [0.29, 0.717) is 0 Å². The van der Waals surface area contributed by atoms with Crippen LogP contribution in [0.3, 0.4) is 0 Å². The summed E-state index contributed by atoms with van der Waals surface area (Å²) in [6.07, 6.45) is 0.187. The topological polar surface area (TPSA) is 86.6 Å². The molecule has 5 heteroatoms. The number of carboxylic acid groups (broad SMARTS) is 1. The summed E-state index contributed by atoms with van der Waals surface area (Å²) < 4.78 is 0. The van der Waals surface area contributed by atoms with Gasteiger partial charge in [-0.15, -0.1) is 0 Å². The summed E-state index contributed by atoms with van der Waals surface area (Å²) in [6, 6.07) is 5.31. The molecular formula is C15H21NO4. The van der Waals surface area contributed by atoms with Gasteiger partial charge >= 0.3 is 5.97 Å². The van der Waals surface area contributed by atoms with E-state index >= 15 is 0 Å². The lowest BCUT2D eigenvalue weighted by Gasteiger charge is -2.20. The number of carbonyl (C=O) groups excluding carboxylic acids is 1. The van der Waals surface area contributed by atoms with Crippen LogP contribution in [0, 0.1) is 11.8 Å². The smallest absolute Gasteiger partial charge is 0.326 e. The molecule has 110 valence electrons. The number of phenolic OH excluding ortho intramolecular Hbond substituents is 1. The Hall–Kier alpha value is -2.04. The van der Waals surface area contributed by atoms with Crippen LogP contribution in [-0.4, -0.2) is 28.1 Å². The fourth-order valence-corrected chi connectivity index (χ4v) is 1.67. The molecule has 5 nitrogen and oxygen atoms in total. The fraction of sp³-hybridized carbons (Fsp3) is 0.467. The van der Waals surface area contributed by atoms with Gasteiger partial charge in [0.1, 0.15) is 11.8 Å². The number of benzene rings is 1. The lowest BCUT2D eigenvalue weighted by Crippen LogP contribution is -2.45. The number of rotatable bonds is 6. The van der Waals surface area contributed by atoms with Crippen LogP contribution in [0.1, 0.15) is 26.3 Å². The molecule has 0 aromatic heterocycles. The molecule has 1 aromatic carbocycles. The number of phenols is 1. The number of amides is 1. The van der Waals surface area contributed by atoms with Crippen LogP contribution in [0.15, 0.2) is 24.3 Å². The van der Waals surface area contributed by atoms with Crippen LogP contribution in [0.2, 0.25) is 0 Å². The van der Waals surface area contributed by atoms with Crippen LogP contribution >= 0.6 is 0 Å². The molecule has 20 heavy (non-hydrogen) atoms. The van der Waals surface area contributed by atoms with Gasteiger partial charge in [-0.25, -0.2) is 4.79 Å². The minimum absolute atomic E-state index is 0.123. The van der Waals surface area contributed by atoms with Crippen molar-refractivity contribution >= 4 is 11.9 Å². The molecule has 3 N–H and O–H groups in total. The largest absolute Gasteiger partial charge is 0.508 e. The maximum atomic E-state index is 11.9. The Morgan fingerprint density at radius 3 is 2.15 bits per heavy atom. The first kappa shape index (κ1) is 16.0. The number of hydrogen-bond donors (Lipinski definition) is 3. The molecule has 1 amide bonds. The van der Waals surface area contributed by atoms with E-state index in [2.05, 4.69) is 5.32 Å². The zero-order valence-corrected chi connectivity index (χ0v) is 12.0. The molecule has 0 aliphatic carbocycles. The lowest BCUT2D eigenvalue weighted by atomic mass is 9.96. The van der Waals surface area contributed by atoms with Crippen molar-refractivity contribution in [1.82, 2.24) is 5.32 Å². The second-order valence-electron chi connectivity index (χ2n) is 5.30. The van der Waals surface area contributed by atoms with E-state index in [1.54, 1.807) is 19.1 Å². The maximum Gasteiger partial charge on any atom is 0.326 e. The third-order valence-electron chi connectivity index (χ3n) is 3.40. The van der Waals surface area contributed by atoms with Crippen LogP contribution in [0.5, 0.6) is 5.75 Å². The van der Waals surface area contributed by atoms with Gasteiger partial charge in [0.15, 0.2) is 0 Å². The Morgan fingerprint density at radius 2 is 1.70 bits per heavy atom. The average molecular weight is 279 g/mol. The van der Waals surface area contributed by atoms with E-state index in [4.69, 9.17) is 0 Å². The third kappa shape index (κ3) is 4.57. The van der Waals surface area contributed by atoms with Gasteiger partial charge in [0.05, 0.1) is 0 Å². The highest BCUT2D eigenvalue weighted by atomic mass is 16.4. The summed E-state index contributed by atoms with van der Waals surface area (Å²) in [5, 5.41) is 20.9. The Kier molecular flexibility index (Phi) is 5.55. The molecule has 0 saturated carbocycles. The molecule has 1 aromatic rings. The van der Waals surface area contributed by atoms with Gasteiger partial charge in [-0.1, -0.05) is 32.9 Å². The van der Waals surface area contributed by atoms with Gasteiger partial charge in [-0.2, -0.15) is 0 Å². The summed E-state index contributed by atoms with van der Waals surface area (Å²) in [5.41, 5.74) is 0.743. The van der Waals surface area contributed by atoms with Gasteiger partial charge in [-0.3, -0.25) is 4.79 Å². The fourth-order valence-electron chi connectivity index (χ4n) is 1.67. The quantitative estimate of drug-likeness (QED) is 0.741. The van der Waals surface area contributed by atoms with E-state index in [9.17, 15) is 19.8 Å². The molecule has 1 rings (SSSR count). The number of aliphatic carboxylic acids is 1. The molecule has 2 atom stereocenters. The van der Waals surface area contributed by atoms with Crippen LogP contribution < -0.4 is 5.32 Å². The zero-order valence-electron chi connectivity index (χ0n) is 12.0. The Bertz CT molecular complexity index is 467. The predicted molar refractivity (Wildman–Crippen MR) is 75.4 cm³/mol. The van der Waals surface area contributed by atoms with E-state index in [-0.39, 0.29) is 29.9 Å². The summed E-state index contributed by atoms with van der Waals surface area (Å²) in [4.78, 5) is 23.2. The van der Waals surface area contributed by atoms with E-state index in [0.717, 1.165) is 5.56 Å². The van der Waals surface area contributed by atoms with Crippen molar-refractivity contribution in [2.45, 2.75) is 33.2 Å². The zero-order chi connectivity index (χ0) is 15.3. The van der Waals surface area contributed by atoms with Crippen molar-refractivity contribution in [2.75, 3.05) is 0 Å².